The second kappa shape index (κ2) is 4.18. The number of aryl methyl sites for hydroxylation is 1. The van der Waals surface area contributed by atoms with Crippen molar-refractivity contribution in [2.45, 2.75) is 19.9 Å². The van der Waals surface area contributed by atoms with Gasteiger partial charge in [0.15, 0.2) is 11.5 Å². The zero-order valence-corrected chi connectivity index (χ0v) is 8.52. The van der Waals surface area contributed by atoms with Crippen molar-refractivity contribution in [1.82, 2.24) is 0 Å². The molecule has 82 valence electrons. The first kappa shape index (κ1) is 11.3. The molecule has 0 spiro atoms. The van der Waals surface area contributed by atoms with E-state index in [9.17, 15) is 15.0 Å². The maximum Gasteiger partial charge on any atom is 0.328 e. The van der Waals surface area contributed by atoms with Crippen LogP contribution in [0.25, 0.3) is 0 Å². The zero-order chi connectivity index (χ0) is 11.6. The zero-order valence-electron chi connectivity index (χ0n) is 8.52. The van der Waals surface area contributed by atoms with Crippen LogP contribution in [0.2, 0.25) is 0 Å². The Labute approximate surface area is 87.1 Å². The Morgan fingerprint density at radius 2 is 2.00 bits per heavy atom. The molecule has 15 heavy (non-hydrogen) atoms. The van der Waals surface area contributed by atoms with Crippen molar-refractivity contribution in [2.24, 2.45) is 5.73 Å². The molecule has 0 unspecified atom stereocenters. The van der Waals surface area contributed by atoms with Gasteiger partial charge in [0.25, 0.3) is 0 Å². The summed E-state index contributed by atoms with van der Waals surface area (Å²) in [6.45, 7) is 3.08. The smallest absolute Gasteiger partial charge is 0.328 e. The molecule has 4 N–H and O–H groups in total. The van der Waals surface area contributed by atoms with Gasteiger partial charge in [0.05, 0.1) is 0 Å². The number of aromatic hydroxyl groups is 2. The van der Waals surface area contributed by atoms with Gasteiger partial charge in [-0.3, -0.25) is 0 Å². The molecular formula is C10H13NO4. The summed E-state index contributed by atoms with van der Waals surface area (Å²) in [5.41, 5.74) is 5.78. The van der Waals surface area contributed by atoms with Gasteiger partial charge in [-0.25, -0.2) is 4.79 Å². The van der Waals surface area contributed by atoms with E-state index in [0.29, 0.717) is 5.56 Å². The van der Waals surface area contributed by atoms with Crippen molar-refractivity contribution in [3.8, 4) is 17.2 Å². The Hall–Kier alpha value is -1.75. The van der Waals surface area contributed by atoms with E-state index in [1.54, 1.807) is 6.92 Å². The maximum atomic E-state index is 11.1. The van der Waals surface area contributed by atoms with Gasteiger partial charge in [-0.15, -0.1) is 0 Å². The molecule has 0 fully saturated rings. The van der Waals surface area contributed by atoms with Crippen LogP contribution >= 0.6 is 0 Å². The molecule has 5 heteroatoms. The first-order valence-corrected chi connectivity index (χ1v) is 4.41. The van der Waals surface area contributed by atoms with E-state index in [1.807, 2.05) is 0 Å². The standard InChI is InChI=1S/C10H13NO4/c1-5-3-8(13)9(4-7(5)12)15-10(14)6(2)11/h3-4,6,12-13H,11H2,1-2H3/t6-/m0/s1. The molecule has 5 nitrogen and oxygen atoms in total. The highest BCUT2D eigenvalue weighted by Gasteiger charge is 2.14. The molecule has 0 aromatic heterocycles. The van der Waals surface area contributed by atoms with Gasteiger partial charge >= 0.3 is 5.97 Å². The van der Waals surface area contributed by atoms with Crippen molar-refractivity contribution >= 4 is 5.97 Å². The SMILES string of the molecule is Cc1cc(O)c(OC(=O)[C@H](C)N)cc1O. The Balaban J connectivity index is 2.96. The lowest BCUT2D eigenvalue weighted by Crippen LogP contribution is -2.30. The summed E-state index contributed by atoms with van der Waals surface area (Å²) in [4.78, 5) is 11.1. The molecule has 0 saturated heterocycles. The summed E-state index contributed by atoms with van der Waals surface area (Å²) in [6.07, 6.45) is 0. The van der Waals surface area contributed by atoms with Gasteiger partial charge in [-0.2, -0.15) is 0 Å². The molecule has 1 aromatic rings. The van der Waals surface area contributed by atoms with Crippen LogP contribution in [0.5, 0.6) is 17.2 Å². The fourth-order valence-electron chi connectivity index (χ4n) is 0.945. The summed E-state index contributed by atoms with van der Waals surface area (Å²) >= 11 is 0. The minimum Gasteiger partial charge on any atom is -0.508 e. The molecule has 0 radical (unpaired) electrons. The van der Waals surface area contributed by atoms with Crippen LogP contribution in [-0.2, 0) is 4.79 Å². The van der Waals surface area contributed by atoms with Crippen LogP contribution < -0.4 is 10.5 Å². The highest BCUT2D eigenvalue weighted by molar-refractivity contribution is 5.78. The average molecular weight is 211 g/mol. The van der Waals surface area contributed by atoms with Gasteiger partial charge < -0.3 is 20.7 Å². The van der Waals surface area contributed by atoms with Gasteiger partial charge in [-0.1, -0.05) is 0 Å². The molecule has 0 aliphatic rings. The van der Waals surface area contributed by atoms with E-state index in [2.05, 4.69) is 0 Å². The topological polar surface area (TPSA) is 92.8 Å². The number of ether oxygens (including phenoxy) is 1. The fraction of sp³-hybridized carbons (Fsp3) is 0.300. The third-order valence-electron chi connectivity index (χ3n) is 1.86. The van der Waals surface area contributed by atoms with Crippen LogP contribution in [0.15, 0.2) is 12.1 Å². The first-order chi connectivity index (χ1) is 6.91. The van der Waals surface area contributed by atoms with Crippen molar-refractivity contribution in [2.75, 3.05) is 0 Å². The molecule has 0 aliphatic carbocycles. The summed E-state index contributed by atoms with van der Waals surface area (Å²) in [6, 6.07) is 1.69. The fourth-order valence-corrected chi connectivity index (χ4v) is 0.945. The van der Waals surface area contributed by atoms with E-state index in [0.717, 1.165) is 0 Å². The predicted octanol–water partition coefficient (Wildman–Crippen LogP) is 0.659. The van der Waals surface area contributed by atoms with Gasteiger partial charge in [0, 0.05) is 6.07 Å². The summed E-state index contributed by atoms with van der Waals surface area (Å²) in [5, 5.41) is 18.8. The third-order valence-corrected chi connectivity index (χ3v) is 1.86. The number of benzene rings is 1. The molecule has 0 amide bonds. The molecule has 1 rings (SSSR count). The second-order valence-electron chi connectivity index (χ2n) is 3.32. The molecule has 1 atom stereocenters. The van der Waals surface area contributed by atoms with Crippen molar-refractivity contribution in [3.05, 3.63) is 17.7 Å². The molecule has 0 saturated carbocycles. The number of carbonyl (C=O) groups excluding carboxylic acids is 1. The first-order valence-electron chi connectivity index (χ1n) is 4.41. The minimum atomic E-state index is -0.784. The number of carbonyl (C=O) groups is 1. The summed E-state index contributed by atoms with van der Waals surface area (Å²) in [5.74, 6) is -1.03. The van der Waals surface area contributed by atoms with E-state index in [-0.39, 0.29) is 17.2 Å². The molecular weight excluding hydrogens is 198 g/mol. The van der Waals surface area contributed by atoms with Gasteiger partial charge in [0.2, 0.25) is 0 Å². The van der Waals surface area contributed by atoms with E-state index < -0.39 is 12.0 Å². The third kappa shape index (κ3) is 2.60. The van der Waals surface area contributed by atoms with Gasteiger partial charge in [0.1, 0.15) is 11.8 Å². The Kier molecular flexibility index (Phi) is 3.16. The molecule has 0 aliphatic heterocycles. The van der Waals surface area contributed by atoms with Gasteiger partial charge in [-0.05, 0) is 25.5 Å². The average Bonchev–Trinajstić information content (AvgIpc) is 2.13. The van der Waals surface area contributed by atoms with E-state index in [4.69, 9.17) is 10.5 Å². The normalized spacial score (nSPS) is 12.2. The number of phenolic OH excluding ortho intramolecular Hbond substituents is 2. The number of hydrogen-bond donors (Lipinski definition) is 3. The number of hydrogen-bond acceptors (Lipinski definition) is 5. The largest absolute Gasteiger partial charge is 0.508 e. The van der Waals surface area contributed by atoms with E-state index in [1.165, 1.54) is 19.1 Å². The number of rotatable bonds is 2. The lowest BCUT2D eigenvalue weighted by atomic mass is 10.2. The molecule has 1 aromatic carbocycles. The van der Waals surface area contributed by atoms with Crippen molar-refractivity contribution < 1.29 is 19.7 Å². The maximum absolute atomic E-state index is 11.1. The Morgan fingerprint density at radius 3 is 2.53 bits per heavy atom. The highest BCUT2D eigenvalue weighted by Crippen LogP contribution is 2.32. The summed E-state index contributed by atoms with van der Waals surface area (Å²) in [7, 11) is 0. The van der Waals surface area contributed by atoms with Crippen LogP contribution in [-0.4, -0.2) is 22.2 Å². The van der Waals surface area contributed by atoms with E-state index >= 15 is 0 Å². The summed E-state index contributed by atoms with van der Waals surface area (Å²) < 4.78 is 4.77. The van der Waals surface area contributed by atoms with Crippen LogP contribution in [0.3, 0.4) is 0 Å². The monoisotopic (exact) mass is 211 g/mol. The number of nitrogens with two attached hydrogens (primary N) is 1. The van der Waals surface area contributed by atoms with Crippen LogP contribution in [0.4, 0.5) is 0 Å². The Bertz CT molecular complexity index is 387. The lowest BCUT2D eigenvalue weighted by Gasteiger charge is -2.09. The number of phenols is 2. The second-order valence-corrected chi connectivity index (χ2v) is 3.32. The lowest BCUT2D eigenvalue weighted by molar-refractivity contribution is -0.135. The van der Waals surface area contributed by atoms with Crippen molar-refractivity contribution in [1.29, 1.82) is 0 Å². The predicted molar refractivity (Wildman–Crippen MR) is 53.8 cm³/mol. The minimum absolute atomic E-state index is 0.0553. The Morgan fingerprint density at radius 1 is 1.40 bits per heavy atom. The number of esters is 1. The molecule has 0 heterocycles. The highest BCUT2D eigenvalue weighted by atomic mass is 16.5. The quantitative estimate of drug-likeness (QED) is 0.379. The molecule has 0 bridgehead atoms. The van der Waals surface area contributed by atoms with Crippen LogP contribution in [0, 0.1) is 6.92 Å². The van der Waals surface area contributed by atoms with Crippen LogP contribution in [0.1, 0.15) is 12.5 Å². The van der Waals surface area contributed by atoms with Crippen molar-refractivity contribution in [3.63, 3.8) is 0 Å².